The van der Waals surface area contributed by atoms with Crippen LogP contribution in [0.5, 0.6) is 0 Å². The highest BCUT2D eigenvalue weighted by atomic mass is 28.3. The van der Waals surface area contributed by atoms with Crippen LogP contribution in [0.1, 0.15) is 5.56 Å². The van der Waals surface area contributed by atoms with Crippen molar-refractivity contribution < 1.29 is 5.11 Å². The fraction of sp³-hybridized carbons (Fsp3) is 0.300. The average Bonchev–Trinajstić information content (AvgIpc) is 3.14. The van der Waals surface area contributed by atoms with Crippen molar-refractivity contribution in [2.75, 3.05) is 6.61 Å². The maximum absolute atomic E-state index is 10.2. The molecule has 0 spiro atoms. The lowest BCUT2D eigenvalue weighted by molar-refractivity contribution is 0.274. The van der Waals surface area contributed by atoms with Crippen molar-refractivity contribution in [3.8, 4) is 0 Å². The van der Waals surface area contributed by atoms with Gasteiger partial charge in [0, 0.05) is 5.04 Å². The molecule has 0 unspecified atom stereocenters. The van der Waals surface area contributed by atoms with Gasteiger partial charge in [0.05, 0.1) is 14.7 Å². The Kier molecular flexibility index (Phi) is 3.83. The summed E-state index contributed by atoms with van der Waals surface area (Å²) >= 11 is 0. The molecule has 2 atom stereocenters. The zero-order valence-electron chi connectivity index (χ0n) is 13.4. The van der Waals surface area contributed by atoms with Gasteiger partial charge >= 0.3 is 0 Å². The summed E-state index contributed by atoms with van der Waals surface area (Å²) in [4.78, 5) is 0. The number of hydrogen-bond acceptors (Lipinski definition) is 1. The SMILES string of the molecule is C=C1[C@@H](Cc2ccccc2)[C@]1(CO)[Si](C)(C)c1ccccc1. The summed E-state index contributed by atoms with van der Waals surface area (Å²) in [6.45, 7) is 9.29. The van der Waals surface area contributed by atoms with Crippen LogP contribution >= 0.6 is 0 Å². The van der Waals surface area contributed by atoms with Gasteiger partial charge in [0.2, 0.25) is 0 Å². The van der Waals surface area contributed by atoms with Gasteiger partial charge in [0.15, 0.2) is 0 Å². The first-order chi connectivity index (χ1) is 10.5. The number of aliphatic hydroxyl groups is 1. The Labute approximate surface area is 134 Å². The molecule has 22 heavy (non-hydrogen) atoms. The molecule has 2 heteroatoms. The molecule has 0 bridgehead atoms. The molecule has 0 aliphatic heterocycles. The van der Waals surface area contributed by atoms with Crippen LogP contribution < -0.4 is 5.19 Å². The van der Waals surface area contributed by atoms with E-state index in [1.54, 1.807) is 0 Å². The lowest BCUT2D eigenvalue weighted by Crippen LogP contribution is -2.49. The van der Waals surface area contributed by atoms with E-state index in [-0.39, 0.29) is 11.6 Å². The van der Waals surface area contributed by atoms with Crippen molar-refractivity contribution in [2.24, 2.45) is 5.92 Å². The van der Waals surface area contributed by atoms with Gasteiger partial charge in [-0.1, -0.05) is 91.1 Å². The highest BCUT2D eigenvalue weighted by Gasteiger charge is 2.66. The second kappa shape index (κ2) is 5.53. The van der Waals surface area contributed by atoms with Crippen LogP contribution in [0, 0.1) is 5.92 Å². The van der Waals surface area contributed by atoms with E-state index in [0.29, 0.717) is 5.92 Å². The van der Waals surface area contributed by atoms with Crippen LogP contribution in [0.4, 0.5) is 0 Å². The summed E-state index contributed by atoms with van der Waals surface area (Å²) < 4.78 is 0. The lowest BCUT2D eigenvalue weighted by atomic mass is 10.1. The minimum Gasteiger partial charge on any atom is -0.396 e. The Morgan fingerprint density at radius 2 is 1.55 bits per heavy atom. The predicted octanol–water partition coefficient (Wildman–Crippen LogP) is 3.76. The third kappa shape index (κ3) is 2.18. The molecule has 0 aromatic heterocycles. The first-order valence-corrected chi connectivity index (χ1v) is 10.9. The number of aliphatic hydroxyl groups excluding tert-OH is 1. The predicted molar refractivity (Wildman–Crippen MR) is 96.1 cm³/mol. The summed E-state index contributed by atoms with van der Waals surface area (Å²) in [6.07, 6.45) is 0.990. The second-order valence-corrected chi connectivity index (χ2v) is 11.6. The molecule has 1 fully saturated rings. The minimum absolute atomic E-state index is 0.0792. The van der Waals surface area contributed by atoms with Crippen LogP contribution in [0.25, 0.3) is 0 Å². The molecule has 1 saturated carbocycles. The van der Waals surface area contributed by atoms with Gasteiger partial charge < -0.3 is 5.11 Å². The Hall–Kier alpha value is -1.64. The molecule has 1 aliphatic carbocycles. The Morgan fingerprint density at radius 1 is 1.00 bits per heavy atom. The van der Waals surface area contributed by atoms with E-state index in [1.807, 2.05) is 6.07 Å². The van der Waals surface area contributed by atoms with Crippen LogP contribution in [0.2, 0.25) is 18.1 Å². The fourth-order valence-electron chi connectivity index (χ4n) is 4.02. The third-order valence-electron chi connectivity index (χ3n) is 5.65. The maximum Gasteiger partial charge on any atom is 0.0943 e. The van der Waals surface area contributed by atoms with E-state index < -0.39 is 8.07 Å². The van der Waals surface area contributed by atoms with Gasteiger partial charge in [0.1, 0.15) is 0 Å². The molecule has 0 amide bonds. The van der Waals surface area contributed by atoms with E-state index in [2.05, 4.69) is 74.3 Å². The van der Waals surface area contributed by atoms with Crippen LogP contribution in [0.3, 0.4) is 0 Å². The zero-order valence-corrected chi connectivity index (χ0v) is 14.4. The van der Waals surface area contributed by atoms with Gasteiger partial charge in [-0.05, 0) is 17.9 Å². The molecule has 0 radical (unpaired) electrons. The van der Waals surface area contributed by atoms with Crippen LogP contribution in [-0.2, 0) is 6.42 Å². The van der Waals surface area contributed by atoms with Gasteiger partial charge in [-0.2, -0.15) is 0 Å². The number of hydrogen-bond donors (Lipinski definition) is 1. The lowest BCUT2D eigenvalue weighted by Gasteiger charge is -2.33. The third-order valence-corrected chi connectivity index (χ3v) is 10.5. The summed E-state index contributed by atoms with van der Waals surface area (Å²) in [7, 11) is -1.83. The van der Waals surface area contributed by atoms with Crippen molar-refractivity contribution in [3.63, 3.8) is 0 Å². The van der Waals surface area contributed by atoms with Crippen molar-refractivity contribution in [3.05, 3.63) is 78.4 Å². The van der Waals surface area contributed by atoms with Crippen molar-refractivity contribution in [1.29, 1.82) is 0 Å². The van der Waals surface area contributed by atoms with Crippen molar-refractivity contribution in [1.82, 2.24) is 0 Å². The van der Waals surface area contributed by atoms with E-state index in [1.165, 1.54) is 16.3 Å². The standard InChI is InChI=1S/C20H24OSi/c1-16-19(14-17-10-6-4-7-11-17)20(16,15-21)22(2,3)18-12-8-5-9-13-18/h4-13,19,21H,1,14-15H2,2-3H3/t19-,20-/m1/s1. The van der Waals surface area contributed by atoms with Crippen molar-refractivity contribution in [2.45, 2.75) is 24.6 Å². The molecule has 1 N–H and O–H groups in total. The molecule has 3 rings (SSSR count). The van der Waals surface area contributed by atoms with Crippen molar-refractivity contribution >= 4 is 13.3 Å². The Bertz CT molecular complexity index is 663. The quantitative estimate of drug-likeness (QED) is 0.658. The molecule has 114 valence electrons. The molecule has 1 nitrogen and oxygen atoms in total. The highest BCUT2D eigenvalue weighted by Crippen LogP contribution is 2.70. The molecule has 2 aromatic carbocycles. The molecule has 0 heterocycles. The summed E-state index contributed by atoms with van der Waals surface area (Å²) in [5.74, 6) is 0.404. The summed E-state index contributed by atoms with van der Waals surface area (Å²) in [6, 6.07) is 21.3. The minimum atomic E-state index is -1.83. The molecular weight excluding hydrogens is 284 g/mol. The van der Waals surface area contributed by atoms with E-state index >= 15 is 0 Å². The Morgan fingerprint density at radius 3 is 2.09 bits per heavy atom. The van der Waals surface area contributed by atoms with Crippen LogP contribution in [0.15, 0.2) is 72.8 Å². The zero-order chi connectivity index (χ0) is 15.8. The smallest absolute Gasteiger partial charge is 0.0943 e. The topological polar surface area (TPSA) is 20.2 Å². The number of rotatable bonds is 5. The molecule has 0 saturated heterocycles. The Balaban J connectivity index is 1.92. The monoisotopic (exact) mass is 308 g/mol. The first-order valence-electron chi connectivity index (χ1n) is 7.93. The largest absolute Gasteiger partial charge is 0.396 e. The average molecular weight is 308 g/mol. The van der Waals surface area contributed by atoms with Gasteiger partial charge in [0.25, 0.3) is 0 Å². The summed E-state index contributed by atoms with van der Waals surface area (Å²) in [5, 5.41) is 11.6. The number of benzene rings is 2. The molecule has 2 aromatic rings. The van der Waals surface area contributed by atoms with Gasteiger partial charge in [-0.15, -0.1) is 0 Å². The maximum atomic E-state index is 10.2. The summed E-state index contributed by atoms with van der Waals surface area (Å²) in [5.41, 5.74) is 2.58. The van der Waals surface area contributed by atoms with Crippen LogP contribution in [-0.4, -0.2) is 19.8 Å². The highest BCUT2D eigenvalue weighted by molar-refractivity contribution is 6.94. The van der Waals surface area contributed by atoms with Gasteiger partial charge in [-0.3, -0.25) is 0 Å². The molecular formula is C20H24OSi. The van der Waals surface area contributed by atoms with E-state index in [9.17, 15) is 5.11 Å². The fourth-order valence-corrected chi connectivity index (χ4v) is 8.01. The van der Waals surface area contributed by atoms with Gasteiger partial charge in [-0.25, -0.2) is 0 Å². The van der Waals surface area contributed by atoms with E-state index in [0.717, 1.165) is 6.42 Å². The molecule has 1 aliphatic rings. The second-order valence-electron chi connectivity index (χ2n) is 6.89. The first kappa shape index (κ1) is 15.3. The normalized spacial score (nSPS) is 24.3. The van der Waals surface area contributed by atoms with E-state index in [4.69, 9.17) is 0 Å².